The van der Waals surface area contributed by atoms with Crippen LogP contribution < -0.4 is 11.1 Å². The SMILES string of the molecule is Cc1cccc(-c2ccc(NC(=O)N3CC[C@H](CN)C3)cc2)c1. The first-order valence-electron chi connectivity index (χ1n) is 8.09. The Morgan fingerprint density at radius 2 is 2.00 bits per heavy atom. The molecular formula is C19H23N3O. The summed E-state index contributed by atoms with van der Waals surface area (Å²) in [6, 6.07) is 16.3. The molecule has 1 fully saturated rings. The number of urea groups is 1. The maximum atomic E-state index is 12.2. The zero-order valence-electron chi connectivity index (χ0n) is 13.5. The minimum atomic E-state index is -0.0377. The highest BCUT2D eigenvalue weighted by Crippen LogP contribution is 2.23. The van der Waals surface area contributed by atoms with E-state index >= 15 is 0 Å². The number of aryl methyl sites for hydroxylation is 1. The molecule has 4 heteroatoms. The van der Waals surface area contributed by atoms with Crippen LogP contribution >= 0.6 is 0 Å². The van der Waals surface area contributed by atoms with Crippen LogP contribution in [-0.2, 0) is 0 Å². The quantitative estimate of drug-likeness (QED) is 0.912. The summed E-state index contributed by atoms with van der Waals surface area (Å²) >= 11 is 0. The fourth-order valence-corrected chi connectivity index (χ4v) is 2.98. The van der Waals surface area contributed by atoms with Crippen molar-refractivity contribution in [2.45, 2.75) is 13.3 Å². The van der Waals surface area contributed by atoms with Gasteiger partial charge in [0.25, 0.3) is 0 Å². The fraction of sp³-hybridized carbons (Fsp3) is 0.316. The average molecular weight is 309 g/mol. The molecule has 0 bridgehead atoms. The number of carbonyl (C=O) groups excluding carboxylic acids is 1. The molecule has 4 nitrogen and oxygen atoms in total. The molecule has 1 aliphatic heterocycles. The Hall–Kier alpha value is -2.33. The van der Waals surface area contributed by atoms with Crippen molar-refractivity contribution in [2.24, 2.45) is 11.7 Å². The summed E-state index contributed by atoms with van der Waals surface area (Å²) in [7, 11) is 0. The summed E-state index contributed by atoms with van der Waals surface area (Å²) in [6.07, 6.45) is 0.996. The highest BCUT2D eigenvalue weighted by atomic mass is 16.2. The Balaban J connectivity index is 1.65. The van der Waals surface area contributed by atoms with Crippen LogP contribution in [0.5, 0.6) is 0 Å². The summed E-state index contributed by atoms with van der Waals surface area (Å²) in [5.41, 5.74) is 10.1. The lowest BCUT2D eigenvalue weighted by atomic mass is 10.0. The molecule has 0 saturated carbocycles. The molecule has 2 aromatic carbocycles. The molecule has 1 atom stereocenters. The second kappa shape index (κ2) is 6.84. The molecule has 23 heavy (non-hydrogen) atoms. The fourth-order valence-electron chi connectivity index (χ4n) is 2.98. The number of anilines is 1. The Morgan fingerprint density at radius 1 is 1.22 bits per heavy atom. The number of amides is 2. The Labute approximate surface area is 137 Å². The summed E-state index contributed by atoms with van der Waals surface area (Å²) in [4.78, 5) is 14.1. The number of rotatable bonds is 3. The van der Waals surface area contributed by atoms with Gasteiger partial charge >= 0.3 is 6.03 Å². The van der Waals surface area contributed by atoms with Crippen LogP contribution in [0.25, 0.3) is 11.1 Å². The molecule has 1 saturated heterocycles. The van der Waals surface area contributed by atoms with E-state index in [1.54, 1.807) is 0 Å². The van der Waals surface area contributed by atoms with Gasteiger partial charge in [-0.2, -0.15) is 0 Å². The van der Waals surface area contributed by atoms with Gasteiger partial charge in [0, 0.05) is 18.8 Å². The van der Waals surface area contributed by atoms with E-state index in [0.717, 1.165) is 30.8 Å². The van der Waals surface area contributed by atoms with Crippen molar-refractivity contribution in [3.63, 3.8) is 0 Å². The van der Waals surface area contributed by atoms with Crippen molar-refractivity contribution in [1.82, 2.24) is 4.90 Å². The van der Waals surface area contributed by atoms with Gasteiger partial charge in [0.2, 0.25) is 0 Å². The predicted molar refractivity (Wildman–Crippen MR) is 94.4 cm³/mol. The topological polar surface area (TPSA) is 58.4 Å². The van der Waals surface area contributed by atoms with E-state index in [4.69, 9.17) is 5.73 Å². The van der Waals surface area contributed by atoms with Gasteiger partial charge in [-0.25, -0.2) is 4.79 Å². The molecule has 0 aliphatic carbocycles. The van der Waals surface area contributed by atoms with E-state index < -0.39 is 0 Å². The Kier molecular flexibility index (Phi) is 4.63. The molecule has 3 rings (SSSR count). The monoisotopic (exact) mass is 309 g/mol. The number of nitrogens with zero attached hydrogens (tertiary/aromatic N) is 1. The molecule has 3 N–H and O–H groups in total. The third-order valence-electron chi connectivity index (χ3n) is 4.39. The van der Waals surface area contributed by atoms with Crippen LogP contribution in [-0.4, -0.2) is 30.6 Å². The minimum Gasteiger partial charge on any atom is -0.330 e. The maximum Gasteiger partial charge on any atom is 0.321 e. The van der Waals surface area contributed by atoms with E-state index in [2.05, 4.69) is 36.5 Å². The molecule has 0 radical (unpaired) electrons. The molecule has 2 amide bonds. The standard InChI is InChI=1S/C19H23N3O/c1-14-3-2-4-17(11-14)16-5-7-18(8-6-16)21-19(23)22-10-9-15(12-20)13-22/h2-8,11,15H,9-10,12-13,20H2,1H3,(H,21,23)/t15-/m1/s1. The Morgan fingerprint density at radius 3 is 2.65 bits per heavy atom. The van der Waals surface area contributed by atoms with Gasteiger partial charge in [-0.15, -0.1) is 0 Å². The number of hydrogen-bond acceptors (Lipinski definition) is 2. The number of benzene rings is 2. The largest absolute Gasteiger partial charge is 0.330 e. The van der Waals surface area contributed by atoms with E-state index in [1.807, 2.05) is 29.2 Å². The molecule has 1 heterocycles. The van der Waals surface area contributed by atoms with E-state index in [-0.39, 0.29) is 6.03 Å². The van der Waals surface area contributed by atoms with E-state index in [1.165, 1.54) is 11.1 Å². The van der Waals surface area contributed by atoms with E-state index in [9.17, 15) is 4.79 Å². The van der Waals surface area contributed by atoms with Crippen molar-refractivity contribution in [3.8, 4) is 11.1 Å². The number of nitrogens with two attached hydrogens (primary N) is 1. The van der Waals surface area contributed by atoms with Gasteiger partial charge in [0.05, 0.1) is 0 Å². The summed E-state index contributed by atoms with van der Waals surface area (Å²) < 4.78 is 0. The normalized spacial score (nSPS) is 17.3. The van der Waals surface area contributed by atoms with Crippen LogP contribution in [0.1, 0.15) is 12.0 Å². The average Bonchev–Trinajstić information content (AvgIpc) is 3.05. The molecule has 120 valence electrons. The van der Waals surface area contributed by atoms with Crippen LogP contribution in [0.3, 0.4) is 0 Å². The van der Waals surface area contributed by atoms with Crippen LogP contribution in [0, 0.1) is 12.8 Å². The van der Waals surface area contributed by atoms with Crippen LogP contribution in [0.4, 0.5) is 10.5 Å². The molecule has 0 aromatic heterocycles. The zero-order chi connectivity index (χ0) is 16.2. The third kappa shape index (κ3) is 3.71. The predicted octanol–water partition coefficient (Wildman–Crippen LogP) is 3.47. The summed E-state index contributed by atoms with van der Waals surface area (Å²) in [6.45, 7) is 4.27. The number of nitrogens with one attached hydrogen (secondary N) is 1. The van der Waals surface area contributed by atoms with Gasteiger partial charge in [-0.05, 0) is 49.1 Å². The first-order chi connectivity index (χ1) is 11.2. The zero-order valence-corrected chi connectivity index (χ0v) is 13.5. The first-order valence-corrected chi connectivity index (χ1v) is 8.09. The highest BCUT2D eigenvalue weighted by molar-refractivity contribution is 5.89. The van der Waals surface area contributed by atoms with Crippen molar-refractivity contribution in [3.05, 3.63) is 54.1 Å². The lowest BCUT2D eigenvalue weighted by molar-refractivity contribution is 0.221. The van der Waals surface area contributed by atoms with Crippen LogP contribution in [0.2, 0.25) is 0 Å². The van der Waals surface area contributed by atoms with Gasteiger partial charge in [0.15, 0.2) is 0 Å². The minimum absolute atomic E-state index is 0.0377. The smallest absolute Gasteiger partial charge is 0.321 e. The summed E-state index contributed by atoms with van der Waals surface area (Å²) in [5, 5.41) is 2.96. The molecule has 1 aliphatic rings. The van der Waals surface area contributed by atoms with Crippen molar-refractivity contribution in [2.75, 3.05) is 25.0 Å². The van der Waals surface area contributed by atoms with Gasteiger partial charge < -0.3 is 16.0 Å². The highest BCUT2D eigenvalue weighted by Gasteiger charge is 2.25. The number of hydrogen-bond donors (Lipinski definition) is 2. The van der Waals surface area contributed by atoms with Gasteiger partial charge in [-0.3, -0.25) is 0 Å². The molecule has 0 unspecified atom stereocenters. The lowest BCUT2D eigenvalue weighted by Gasteiger charge is -2.17. The van der Waals surface area contributed by atoms with Gasteiger partial charge in [0.1, 0.15) is 0 Å². The molecule has 2 aromatic rings. The summed E-state index contributed by atoms with van der Waals surface area (Å²) in [5.74, 6) is 0.435. The number of likely N-dealkylation sites (tertiary alicyclic amines) is 1. The van der Waals surface area contributed by atoms with Crippen molar-refractivity contribution >= 4 is 11.7 Å². The lowest BCUT2D eigenvalue weighted by Crippen LogP contribution is -2.33. The second-order valence-electron chi connectivity index (χ2n) is 6.21. The molecular weight excluding hydrogens is 286 g/mol. The molecule has 0 spiro atoms. The van der Waals surface area contributed by atoms with Crippen LogP contribution in [0.15, 0.2) is 48.5 Å². The van der Waals surface area contributed by atoms with E-state index in [0.29, 0.717) is 12.5 Å². The third-order valence-corrected chi connectivity index (χ3v) is 4.39. The first kappa shape index (κ1) is 15.6. The van der Waals surface area contributed by atoms with Crippen molar-refractivity contribution < 1.29 is 4.79 Å². The second-order valence-corrected chi connectivity index (χ2v) is 6.21. The number of carbonyl (C=O) groups is 1. The maximum absolute atomic E-state index is 12.2. The van der Waals surface area contributed by atoms with Gasteiger partial charge in [-0.1, -0.05) is 42.0 Å². The Bertz CT molecular complexity index is 681. The van der Waals surface area contributed by atoms with Crippen molar-refractivity contribution in [1.29, 1.82) is 0 Å².